The van der Waals surface area contributed by atoms with Crippen molar-refractivity contribution in [3.63, 3.8) is 0 Å². The molecule has 0 saturated heterocycles. The van der Waals surface area contributed by atoms with Gasteiger partial charge < -0.3 is 10.3 Å². The lowest BCUT2D eigenvalue weighted by Crippen LogP contribution is -2.50. The molecule has 0 aromatic carbocycles. The third kappa shape index (κ3) is 2.66. The molecule has 5 nitrogen and oxygen atoms in total. The average Bonchev–Trinajstić information content (AvgIpc) is 2.82. The lowest BCUT2D eigenvalue weighted by atomic mass is 10.0. The fraction of sp³-hybridized carbons (Fsp3) is 0.667. The maximum absolute atomic E-state index is 12.0. The average molecular weight is 236 g/mol. The normalized spacial score (nSPS) is 19.1. The summed E-state index contributed by atoms with van der Waals surface area (Å²) in [7, 11) is 0. The number of nitrogens with one attached hydrogen (secondary N) is 3. The van der Waals surface area contributed by atoms with Crippen molar-refractivity contribution in [3.05, 3.63) is 17.7 Å². The van der Waals surface area contributed by atoms with E-state index in [0.717, 1.165) is 24.2 Å². The molecule has 5 heteroatoms. The van der Waals surface area contributed by atoms with E-state index in [4.69, 9.17) is 0 Å². The molecule has 1 unspecified atom stereocenters. The minimum Gasteiger partial charge on any atom is -0.352 e. The zero-order valence-electron chi connectivity index (χ0n) is 10.4. The summed E-state index contributed by atoms with van der Waals surface area (Å²) in [4.78, 5) is 19.4. The number of hydrogen-bond acceptors (Lipinski definition) is 3. The van der Waals surface area contributed by atoms with Crippen molar-refractivity contribution in [2.45, 2.75) is 51.7 Å². The molecule has 0 fully saturated rings. The van der Waals surface area contributed by atoms with Crippen LogP contribution in [0.2, 0.25) is 0 Å². The van der Waals surface area contributed by atoms with Crippen LogP contribution in [-0.4, -0.2) is 28.0 Å². The number of amides is 1. The Bertz CT molecular complexity index is 384. The van der Waals surface area contributed by atoms with Crippen LogP contribution in [0, 0.1) is 0 Å². The van der Waals surface area contributed by atoms with Gasteiger partial charge >= 0.3 is 0 Å². The van der Waals surface area contributed by atoms with Crippen molar-refractivity contribution < 1.29 is 4.79 Å². The third-order valence-electron chi connectivity index (χ3n) is 3.38. The first-order valence-corrected chi connectivity index (χ1v) is 6.29. The molecule has 1 aliphatic heterocycles. The maximum Gasteiger partial charge on any atom is 0.237 e. The summed E-state index contributed by atoms with van der Waals surface area (Å²) < 4.78 is 0. The van der Waals surface area contributed by atoms with E-state index in [2.05, 4.69) is 34.4 Å². The highest BCUT2D eigenvalue weighted by molar-refractivity contribution is 5.82. The number of aromatic amines is 1. The van der Waals surface area contributed by atoms with Crippen LogP contribution < -0.4 is 10.6 Å². The van der Waals surface area contributed by atoms with Crippen molar-refractivity contribution in [1.82, 2.24) is 20.6 Å². The number of carbonyl (C=O) groups is 1. The third-order valence-corrected chi connectivity index (χ3v) is 3.38. The summed E-state index contributed by atoms with van der Waals surface area (Å²) in [6, 6.07) is 0.135. The van der Waals surface area contributed by atoms with Crippen molar-refractivity contribution in [1.29, 1.82) is 0 Å². The summed E-state index contributed by atoms with van der Waals surface area (Å²) in [6.45, 7) is 4.87. The molecule has 1 aliphatic rings. The molecule has 0 radical (unpaired) electrons. The Labute approximate surface area is 101 Å². The van der Waals surface area contributed by atoms with Crippen molar-refractivity contribution in [3.8, 4) is 0 Å². The number of aromatic nitrogens is 2. The number of hydrogen-bond donors (Lipinski definition) is 3. The van der Waals surface area contributed by atoms with Gasteiger partial charge in [0.25, 0.3) is 0 Å². The number of carbonyl (C=O) groups excluding carboxylic acids is 1. The highest BCUT2D eigenvalue weighted by atomic mass is 16.2. The molecular weight excluding hydrogens is 216 g/mol. The van der Waals surface area contributed by atoms with E-state index in [1.165, 1.54) is 0 Å². The number of nitrogens with zero attached hydrogens (tertiary/aromatic N) is 1. The van der Waals surface area contributed by atoms with Crippen molar-refractivity contribution in [2.75, 3.05) is 0 Å². The maximum atomic E-state index is 12.0. The Morgan fingerprint density at radius 1 is 1.59 bits per heavy atom. The van der Waals surface area contributed by atoms with E-state index >= 15 is 0 Å². The largest absolute Gasteiger partial charge is 0.352 e. The van der Waals surface area contributed by atoms with Gasteiger partial charge in [-0.05, 0) is 12.8 Å². The van der Waals surface area contributed by atoms with E-state index in [9.17, 15) is 4.79 Å². The van der Waals surface area contributed by atoms with Crippen LogP contribution in [0.5, 0.6) is 0 Å². The lowest BCUT2D eigenvalue weighted by molar-refractivity contribution is -0.124. The highest BCUT2D eigenvalue weighted by Crippen LogP contribution is 2.12. The summed E-state index contributed by atoms with van der Waals surface area (Å²) >= 11 is 0. The Morgan fingerprint density at radius 3 is 3.06 bits per heavy atom. The van der Waals surface area contributed by atoms with E-state index in [-0.39, 0.29) is 18.0 Å². The van der Waals surface area contributed by atoms with Crippen LogP contribution >= 0.6 is 0 Å². The van der Waals surface area contributed by atoms with Crippen LogP contribution in [-0.2, 0) is 17.8 Å². The second-order valence-electron chi connectivity index (χ2n) is 4.49. The van der Waals surface area contributed by atoms with Gasteiger partial charge in [-0.1, -0.05) is 13.8 Å². The highest BCUT2D eigenvalue weighted by Gasteiger charge is 2.26. The van der Waals surface area contributed by atoms with E-state index in [1.807, 2.05) is 0 Å². The van der Waals surface area contributed by atoms with Crippen LogP contribution in [0.1, 0.15) is 38.1 Å². The summed E-state index contributed by atoms with van der Waals surface area (Å²) in [6.07, 6.45) is 4.31. The molecule has 0 aliphatic carbocycles. The summed E-state index contributed by atoms with van der Waals surface area (Å²) in [5.41, 5.74) is 2.10. The van der Waals surface area contributed by atoms with Crippen LogP contribution in [0.15, 0.2) is 6.33 Å². The Balaban J connectivity index is 1.94. The smallest absolute Gasteiger partial charge is 0.237 e. The van der Waals surface area contributed by atoms with Gasteiger partial charge in [0, 0.05) is 19.0 Å². The second-order valence-corrected chi connectivity index (χ2v) is 4.49. The fourth-order valence-corrected chi connectivity index (χ4v) is 2.15. The predicted molar refractivity (Wildman–Crippen MR) is 65.4 cm³/mol. The minimum absolute atomic E-state index is 0.0901. The van der Waals surface area contributed by atoms with Gasteiger partial charge in [0.2, 0.25) is 5.91 Å². The van der Waals surface area contributed by atoms with Gasteiger partial charge in [-0.2, -0.15) is 0 Å². The standard InChI is InChI=1S/C12H20N4O/c1-3-8(4-2)16-12(17)10-5-9-11(6-13-10)15-7-14-9/h7-8,10,13H,3-6H2,1-2H3,(H,14,15)(H,16,17). The molecule has 0 bridgehead atoms. The molecule has 2 heterocycles. The van der Waals surface area contributed by atoms with Crippen LogP contribution in [0.4, 0.5) is 0 Å². The number of rotatable bonds is 4. The zero-order valence-corrected chi connectivity index (χ0v) is 10.4. The van der Waals surface area contributed by atoms with E-state index in [0.29, 0.717) is 13.0 Å². The van der Waals surface area contributed by atoms with Gasteiger partial charge in [0.1, 0.15) is 0 Å². The van der Waals surface area contributed by atoms with Gasteiger partial charge in [0.05, 0.1) is 23.8 Å². The van der Waals surface area contributed by atoms with Crippen LogP contribution in [0.25, 0.3) is 0 Å². The first-order chi connectivity index (χ1) is 8.24. The minimum atomic E-state index is -0.147. The molecule has 17 heavy (non-hydrogen) atoms. The first-order valence-electron chi connectivity index (χ1n) is 6.29. The molecule has 0 spiro atoms. The molecule has 2 rings (SSSR count). The van der Waals surface area contributed by atoms with Gasteiger partial charge in [-0.15, -0.1) is 0 Å². The molecule has 1 aromatic heterocycles. The molecular formula is C12H20N4O. The molecule has 0 saturated carbocycles. The Hall–Kier alpha value is -1.36. The quantitative estimate of drug-likeness (QED) is 0.722. The number of imidazole rings is 1. The zero-order chi connectivity index (χ0) is 12.3. The predicted octanol–water partition coefficient (Wildman–Crippen LogP) is 0.729. The second kappa shape index (κ2) is 5.31. The van der Waals surface area contributed by atoms with E-state index < -0.39 is 0 Å². The van der Waals surface area contributed by atoms with Crippen molar-refractivity contribution >= 4 is 5.91 Å². The van der Waals surface area contributed by atoms with Gasteiger partial charge in [-0.3, -0.25) is 10.1 Å². The summed E-state index contributed by atoms with van der Waals surface area (Å²) in [5.74, 6) is 0.0901. The molecule has 3 N–H and O–H groups in total. The van der Waals surface area contributed by atoms with Gasteiger partial charge in [0.15, 0.2) is 0 Å². The number of H-pyrrole nitrogens is 1. The van der Waals surface area contributed by atoms with Crippen LogP contribution in [0.3, 0.4) is 0 Å². The van der Waals surface area contributed by atoms with Gasteiger partial charge in [-0.25, -0.2) is 4.98 Å². The Morgan fingerprint density at radius 2 is 2.35 bits per heavy atom. The first kappa shape index (κ1) is 12.1. The summed E-state index contributed by atoms with van der Waals surface area (Å²) in [5, 5.41) is 6.30. The molecule has 94 valence electrons. The molecule has 1 atom stereocenters. The fourth-order valence-electron chi connectivity index (χ4n) is 2.15. The monoisotopic (exact) mass is 236 g/mol. The lowest BCUT2D eigenvalue weighted by Gasteiger charge is -2.24. The number of fused-ring (bicyclic) bond motifs is 1. The van der Waals surface area contributed by atoms with Crippen molar-refractivity contribution in [2.24, 2.45) is 0 Å². The SMILES string of the molecule is CCC(CC)NC(=O)C1Cc2nc[nH]c2CN1. The molecule has 1 amide bonds. The molecule has 1 aromatic rings. The topological polar surface area (TPSA) is 69.8 Å². The van der Waals surface area contributed by atoms with E-state index in [1.54, 1.807) is 6.33 Å². The Kier molecular flexibility index (Phi) is 3.78.